The number of hydrogen-bond acceptors (Lipinski definition) is 6. The molecule has 2 fully saturated rings. The number of amides is 1. The summed E-state index contributed by atoms with van der Waals surface area (Å²) in [6.45, 7) is 0. The first-order valence-corrected chi connectivity index (χ1v) is 10.3. The summed E-state index contributed by atoms with van der Waals surface area (Å²) < 4.78 is 3.67. The molecule has 0 bridgehead atoms. The summed E-state index contributed by atoms with van der Waals surface area (Å²) in [5, 5.41) is 8.42. The van der Waals surface area contributed by atoms with Gasteiger partial charge in [-0.05, 0) is 25.7 Å². The van der Waals surface area contributed by atoms with Crippen molar-refractivity contribution in [3.05, 3.63) is 23.5 Å². The SMILES string of the molecule is NC(=O)c1cnn(C2CCCC2)c1N.O=C1CC=Nc2c1cnn2C1CCCC1. The number of nitrogens with two attached hydrogens (primary N) is 2. The number of nitrogens with zero attached hydrogens (tertiary/aromatic N) is 5. The van der Waals surface area contributed by atoms with Crippen LogP contribution < -0.4 is 11.5 Å². The van der Waals surface area contributed by atoms with Gasteiger partial charge in [0.25, 0.3) is 5.91 Å². The third kappa shape index (κ3) is 3.81. The third-order valence-corrected chi connectivity index (χ3v) is 6.00. The monoisotopic (exact) mass is 397 g/mol. The summed E-state index contributed by atoms with van der Waals surface area (Å²) in [4.78, 5) is 26.8. The number of aromatic nitrogens is 4. The number of nitrogen functional groups attached to an aromatic ring is 1. The summed E-state index contributed by atoms with van der Waals surface area (Å²) in [5.41, 5.74) is 12.0. The number of primary amides is 1. The van der Waals surface area contributed by atoms with E-state index in [-0.39, 0.29) is 5.78 Å². The molecule has 5 rings (SSSR count). The molecule has 3 aliphatic rings. The Morgan fingerprint density at radius 3 is 2.14 bits per heavy atom. The molecular formula is C20H27N7O2. The zero-order valence-corrected chi connectivity index (χ0v) is 16.5. The number of carbonyl (C=O) groups is 2. The van der Waals surface area contributed by atoms with Crippen LogP contribution in [0.25, 0.3) is 0 Å². The van der Waals surface area contributed by atoms with Gasteiger partial charge in [0, 0.05) is 12.6 Å². The van der Waals surface area contributed by atoms with Crippen molar-refractivity contribution >= 4 is 29.5 Å². The molecular weight excluding hydrogens is 370 g/mol. The van der Waals surface area contributed by atoms with E-state index in [1.54, 1.807) is 17.1 Å². The normalized spacial score (nSPS) is 19.2. The van der Waals surface area contributed by atoms with Crippen LogP contribution in [0.15, 0.2) is 17.4 Å². The standard InChI is InChI=1S/C11H13N3O.C9H14N4O/c15-10-5-6-12-11-9(10)7-13-14(11)8-3-1-2-4-8;10-8-7(9(11)14)5-12-13(8)6-3-1-2-4-6/h6-8H,1-5H2;5-6H,1-4,10H2,(H2,11,14). The van der Waals surface area contributed by atoms with Gasteiger partial charge >= 0.3 is 0 Å². The lowest BCUT2D eigenvalue weighted by Crippen LogP contribution is -2.15. The van der Waals surface area contributed by atoms with E-state index >= 15 is 0 Å². The third-order valence-electron chi connectivity index (χ3n) is 6.00. The van der Waals surface area contributed by atoms with E-state index in [0.717, 1.165) is 31.5 Å². The van der Waals surface area contributed by atoms with Gasteiger partial charge in [0.15, 0.2) is 11.6 Å². The molecule has 2 saturated carbocycles. The molecule has 1 amide bonds. The largest absolute Gasteiger partial charge is 0.383 e. The van der Waals surface area contributed by atoms with Crippen LogP contribution in [0.3, 0.4) is 0 Å². The van der Waals surface area contributed by atoms with Crippen LogP contribution in [-0.4, -0.2) is 37.5 Å². The molecule has 4 N–H and O–H groups in total. The van der Waals surface area contributed by atoms with Crippen LogP contribution in [0, 0.1) is 0 Å². The minimum atomic E-state index is -0.508. The maximum absolute atomic E-state index is 11.6. The Hall–Kier alpha value is -2.97. The van der Waals surface area contributed by atoms with Gasteiger partial charge in [0.1, 0.15) is 11.4 Å². The number of hydrogen-bond donors (Lipinski definition) is 2. The highest BCUT2D eigenvalue weighted by Crippen LogP contribution is 2.35. The lowest BCUT2D eigenvalue weighted by Gasteiger charge is -2.13. The zero-order chi connectivity index (χ0) is 20.4. The summed E-state index contributed by atoms with van der Waals surface area (Å²) in [6, 6.07) is 0.805. The molecule has 9 heteroatoms. The zero-order valence-electron chi connectivity index (χ0n) is 16.5. The first-order chi connectivity index (χ1) is 14.1. The van der Waals surface area contributed by atoms with Crippen molar-refractivity contribution in [3.63, 3.8) is 0 Å². The lowest BCUT2D eigenvalue weighted by molar-refractivity contribution is 0.0992. The molecule has 2 aromatic rings. The molecule has 0 aromatic carbocycles. The van der Waals surface area contributed by atoms with Crippen LogP contribution in [0.2, 0.25) is 0 Å². The molecule has 0 atom stereocenters. The average Bonchev–Trinajstić information content (AvgIpc) is 3.48. The van der Waals surface area contributed by atoms with E-state index in [2.05, 4.69) is 15.2 Å². The van der Waals surface area contributed by atoms with E-state index in [1.807, 2.05) is 4.68 Å². The molecule has 0 unspecified atom stereocenters. The number of anilines is 1. The van der Waals surface area contributed by atoms with Gasteiger partial charge in [-0.25, -0.2) is 14.4 Å². The molecule has 3 heterocycles. The Labute approximate surface area is 169 Å². The number of ketones is 1. The predicted octanol–water partition coefficient (Wildman–Crippen LogP) is 2.97. The number of carbonyl (C=O) groups excluding carboxylic acids is 2. The maximum Gasteiger partial charge on any atom is 0.254 e. The fourth-order valence-corrected chi connectivity index (χ4v) is 4.42. The Balaban J connectivity index is 0.000000142. The first kappa shape index (κ1) is 19.4. The Morgan fingerprint density at radius 1 is 0.966 bits per heavy atom. The van der Waals surface area contributed by atoms with Crippen LogP contribution >= 0.6 is 0 Å². The van der Waals surface area contributed by atoms with Crippen molar-refractivity contribution in [2.75, 3.05) is 5.73 Å². The van der Waals surface area contributed by atoms with Crippen LogP contribution in [0.4, 0.5) is 11.6 Å². The fraction of sp³-hybridized carbons (Fsp3) is 0.550. The van der Waals surface area contributed by atoms with E-state index in [1.165, 1.54) is 31.9 Å². The molecule has 2 aromatic heterocycles. The highest BCUT2D eigenvalue weighted by molar-refractivity contribution is 6.09. The number of fused-ring (bicyclic) bond motifs is 1. The van der Waals surface area contributed by atoms with Gasteiger partial charge in [-0.2, -0.15) is 10.2 Å². The van der Waals surface area contributed by atoms with Crippen molar-refractivity contribution in [3.8, 4) is 0 Å². The van der Waals surface area contributed by atoms with Crippen LogP contribution in [0.5, 0.6) is 0 Å². The number of Topliss-reactive ketones (excluding diaryl/α,β-unsaturated/α-hetero) is 1. The Morgan fingerprint density at radius 2 is 1.55 bits per heavy atom. The molecule has 154 valence electrons. The van der Waals surface area contributed by atoms with Crippen LogP contribution in [0.1, 0.15) is 90.6 Å². The molecule has 9 nitrogen and oxygen atoms in total. The topological polar surface area (TPSA) is 134 Å². The van der Waals surface area contributed by atoms with Crippen molar-refractivity contribution in [2.24, 2.45) is 10.7 Å². The second kappa shape index (κ2) is 8.18. The molecule has 29 heavy (non-hydrogen) atoms. The van der Waals surface area contributed by atoms with Crippen molar-refractivity contribution in [2.45, 2.75) is 69.9 Å². The Kier molecular flexibility index (Phi) is 5.46. The molecule has 2 aliphatic carbocycles. The van der Waals surface area contributed by atoms with Crippen molar-refractivity contribution in [1.82, 2.24) is 19.6 Å². The van der Waals surface area contributed by atoms with Gasteiger partial charge in [-0.1, -0.05) is 25.7 Å². The van der Waals surface area contributed by atoms with Crippen molar-refractivity contribution < 1.29 is 9.59 Å². The summed E-state index contributed by atoms with van der Waals surface area (Å²) in [5.74, 6) is 0.818. The summed E-state index contributed by atoms with van der Waals surface area (Å²) in [7, 11) is 0. The molecule has 1 aliphatic heterocycles. The van der Waals surface area contributed by atoms with Gasteiger partial charge < -0.3 is 11.5 Å². The quantitative estimate of drug-likeness (QED) is 0.821. The van der Waals surface area contributed by atoms with Crippen LogP contribution in [-0.2, 0) is 0 Å². The van der Waals surface area contributed by atoms with Gasteiger partial charge in [0.2, 0.25) is 0 Å². The first-order valence-electron chi connectivity index (χ1n) is 10.3. The molecule has 0 radical (unpaired) electrons. The van der Waals surface area contributed by atoms with Gasteiger partial charge in [0.05, 0.1) is 30.0 Å². The highest BCUT2D eigenvalue weighted by atomic mass is 16.1. The average molecular weight is 397 g/mol. The minimum Gasteiger partial charge on any atom is -0.383 e. The molecule has 0 spiro atoms. The highest BCUT2D eigenvalue weighted by Gasteiger charge is 2.25. The minimum absolute atomic E-state index is 0.143. The Bertz CT molecular complexity index is 931. The van der Waals surface area contributed by atoms with E-state index in [4.69, 9.17) is 11.5 Å². The van der Waals surface area contributed by atoms with Gasteiger partial charge in [-0.15, -0.1) is 0 Å². The maximum atomic E-state index is 11.6. The van der Waals surface area contributed by atoms with E-state index < -0.39 is 5.91 Å². The summed E-state index contributed by atoms with van der Waals surface area (Å²) in [6.07, 6.45) is 14.7. The van der Waals surface area contributed by atoms with E-state index in [0.29, 0.717) is 35.4 Å². The van der Waals surface area contributed by atoms with Gasteiger partial charge in [-0.3, -0.25) is 9.59 Å². The second-order valence-corrected chi connectivity index (χ2v) is 7.89. The summed E-state index contributed by atoms with van der Waals surface area (Å²) >= 11 is 0. The lowest BCUT2D eigenvalue weighted by atomic mass is 10.1. The fourth-order valence-electron chi connectivity index (χ4n) is 4.42. The predicted molar refractivity (Wildman–Crippen MR) is 109 cm³/mol. The van der Waals surface area contributed by atoms with E-state index in [9.17, 15) is 9.59 Å². The molecule has 0 saturated heterocycles. The number of aliphatic imine (C=N–C) groups is 1. The smallest absolute Gasteiger partial charge is 0.254 e. The van der Waals surface area contributed by atoms with Crippen molar-refractivity contribution in [1.29, 1.82) is 0 Å². The second-order valence-electron chi connectivity index (χ2n) is 7.89. The number of rotatable bonds is 3.